The van der Waals surface area contributed by atoms with E-state index in [1.807, 2.05) is 11.8 Å². The molecule has 1 fully saturated rings. The number of thioether (sulfide) groups is 1. The minimum Gasteiger partial charge on any atom is -0.297 e. The minimum absolute atomic E-state index is 0.737. The van der Waals surface area contributed by atoms with Gasteiger partial charge < -0.3 is 0 Å². The number of hydrogen-bond donors (Lipinski definition) is 0. The van der Waals surface area contributed by atoms with Gasteiger partial charge in [0.05, 0.1) is 0 Å². The molecular weight excluding hydrogens is 225 g/mol. The zero-order valence-corrected chi connectivity index (χ0v) is 10.1. The van der Waals surface area contributed by atoms with Gasteiger partial charge in [0.25, 0.3) is 0 Å². The molecular formula is C9H15Cl2NS. The molecule has 0 aromatic rings. The first-order valence-electron chi connectivity index (χ1n) is 4.47. The van der Waals surface area contributed by atoms with Crippen LogP contribution in [0.5, 0.6) is 0 Å². The largest absolute Gasteiger partial charge is 0.297 e. The van der Waals surface area contributed by atoms with Crippen molar-refractivity contribution in [3.05, 3.63) is 10.6 Å². The summed E-state index contributed by atoms with van der Waals surface area (Å²) in [5, 5.41) is 0.737. The van der Waals surface area contributed by atoms with E-state index >= 15 is 0 Å². The van der Waals surface area contributed by atoms with E-state index in [0.29, 0.717) is 0 Å². The Morgan fingerprint density at radius 2 is 2.46 bits per heavy atom. The molecule has 0 spiro atoms. The number of hydrogen-bond acceptors (Lipinski definition) is 2. The van der Waals surface area contributed by atoms with Crippen molar-refractivity contribution in [3.63, 3.8) is 0 Å². The van der Waals surface area contributed by atoms with Gasteiger partial charge in [-0.3, -0.25) is 4.90 Å². The zero-order chi connectivity index (χ0) is 9.68. The van der Waals surface area contributed by atoms with E-state index in [0.717, 1.165) is 30.6 Å². The molecule has 1 aliphatic heterocycles. The first kappa shape index (κ1) is 11.7. The Hall–Kier alpha value is 0.630. The quantitative estimate of drug-likeness (QED) is 0.730. The average molecular weight is 240 g/mol. The second kappa shape index (κ2) is 6.18. The fourth-order valence-corrected chi connectivity index (χ4v) is 2.75. The van der Waals surface area contributed by atoms with E-state index < -0.39 is 0 Å². The van der Waals surface area contributed by atoms with E-state index in [-0.39, 0.29) is 0 Å². The highest BCUT2D eigenvalue weighted by molar-refractivity contribution is 7.99. The Morgan fingerprint density at radius 3 is 3.15 bits per heavy atom. The molecule has 76 valence electrons. The molecule has 0 aromatic heterocycles. The van der Waals surface area contributed by atoms with Gasteiger partial charge in [0.15, 0.2) is 0 Å². The molecule has 1 heterocycles. The topological polar surface area (TPSA) is 3.24 Å². The van der Waals surface area contributed by atoms with Gasteiger partial charge >= 0.3 is 0 Å². The molecule has 1 rings (SSSR count). The molecule has 1 nitrogen and oxygen atoms in total. The fraction of sp³-hybridized carbons (Fsp3) is 0.778. The lowest BCUT2D eigenvalue weighted by molar-refractivity contribution is 0.289. The van der Waals surface area contributed by atoms with E-state index in [1.54, 1.807) is 0 Å². The molecule has 4 heteroatoms. The summed E-state index contributed by atoms with van der Waals surface area (Å²) in [5.74, 6) is 3.22. The Labute approximate surface area is 94.5 Å². The lowest BCUT2D eigenvalue weighted by Gasteiger charge is -2.21. The van der Waals surface area contributed by atoms with Crippen molar-refractivity contribution in [1.29, 1.82) is 0 Å². The number of nitrogens with zero attached hydrogens (tertiary/aromatic N) is 1. The Balaban J connectivity index is 2.39. The van der Waals surface area contributed by atoms with E-state index in [1.165, 1.54) is 17.0 Å². The summed E-state index contributed by atoms with van der Waals surface area (Å²) in [6.45, 7) is 5.34. The van der Waals surface area contributed by atoms with Crippen LogP contribution in [0.15, 0.2) is 10.6 Å². The zero-order valence-electron chi connectivity index (χ0n) is 7.80. The summed E-state index contributed by atoms with van der Waals surface area (Å²) in [6.07, 6.45) is 0. The van der Waals surface area contributed by atoms with Crippen LogP contribution in [0.25, 0.3) is 0 Å². The van der Waals surface area contributed by atoms with Crippen LogP contribution in [-0.2, 0) is 0 Å². The van der Waals surface area contributed by atoms with Crippen LogP contribution in [-0.4, -0.2) is 36.0 Å². The Kier molecular flexibility index (Phi) is 5.56. The molecule has 0 saturated carbocycles. The first-order chi connectivity index (χ1) is 6.22. The van der Waals surface area contributed by atoms with Gasteiger partial charge in [-0.25, -0.2) is 0 Å². The van der Waals surface area contributed by atoms with Crippen LogP contribution in [0.2, 0.25) is 0 Å². The second-order valence-corrected chi connectivity index (χ2v) is 5.32. The van der Waals surface area contributed by atoms with Crippen LogP contribution < -0.4 is 0 Å². The second-order valence-electron chi connectivity index (χ2n) is 3.47. The molecule has 1 saturated heterocycles. The fourth-order valence-electron chi connectivity index (χ4n) is 1.45. The maximum Gasteiger partial charge on any atom is 0.0434 e. The van der Waals surface area contributed by atoms with E-state index in [4.69, 9.17) is 23.2 Å². The lowest BCUT2D eigenvalue weighted by Crippen LogP contribution is -2.30. The highest BCUT2D eigenvalue weighted by atomic mass is 35.5. The van der Waals surface area contributed by atoms with Gasteiger partial charge in [-0.1, -0.05) is 30.1 Å². The standard InChI is InChI=1S/C9H15Cl2NS/c1-8-5-12(2-3-13-7-8)6-9(11)4-10/h4,8H,2-3,5-7H2,1H3/b9-4-. The van der Waals surface area contributed by atoms with Gasteiger partial charge in [0, 0.05) is 36.0 Å². The normalized spacial score (nSPS) is 27.3. The summed E-state index contributed by atoms with van der Waals surface area (Å²) < 4.78 is 0. The summed E-state index contributed by atoms with van der Waals surface area (Å²) in [5.41, 5.74) is 1.46. The molecule has 0 aliphatic carbocycles. The predicted molar refractivity (Wildman–Crippen MR) is 62.7 cm³/mol. The lowest BCUT2D eigenvalue weighted by atomic mass is 10.2. The van der Waals surface area contributed by atoms with E-state index in [9.17, 15) is 0 Å². The van der Waals surface area contributed by atoms with Crippen LogP contribution in [0.3, 0.4) is 0 Å². The van der Waals surface area contributed by atoms with Crippen molar-refractivity contribution >= 4 is 35.0 Å². The molecule has 1 atom stereocenters. The van der Waals surface area contributed by atoms with E-state index in [2.05, 4.69) is 11.8 Å². The highest BCUT2D eigenvalue weighted by Crippen LogP contribution is 2.17. The third kappa shape index (κ3) is 4.59. The smallest absolute Gasteiger partial charge is 0.0434 e. The summed E-state index contributed by atoms with van der Waals surface area (Å²) in [7, 11) is 0. The van der Waals surface area contributed by atoms with Crippen LogP contribution in [0.4, 0.5) is 0 Å². The van der Waals surface area contributed by atoms with Crippen LogP contribution in [0.1, 0.15) is 6.92 Å². The van der Waals surface area contributed by atoms with Gasteiger partial charge in [0.2, 0.25) is 0 Å². The highest BCUT2D eigenvalue weighted by Gasteiger charge is 2.14. The number of rotatable bonds is 2. The third-order valence-electron chi connectivity index (χ3n) is 2.02. The van der Waals surface area contributed by atoms with Crippen molar-refractivity contribution in [3.8, 4) is 0 Å². The molecule has 0 N–H and O–H groups in total. The average Bonchev–Trinajstić information content (AvgIpc) is 2.30. The van der Waals surface area contributed by atoms with Gasteiger partial charge in [-0.15, -0.1) is 0 Å². The SMILES string of the molecule is CC1CSCCN(C/C(Cl)=C/Cl)C1. The first-order valence-corrected chi connectivity index (χ1v) is 6.44. The summed E-state index contributed by atoms with van der Waals surface area (Å²) in [4.78, 5) is 2.37. The summed E-state index contributed by atoms with van der Waals surface area (Å²) in [6, 6.07) is 0. The molecule has 0 radical (unpaired) electrons. The molecule has 1 unspecified atom stereocenters. The monoisotopic (exact) mass is 239 g/mol. The van der Waals surface area contributed by atoms with Crippen molar-refractivity contribution < 1.29 is 0 Å². The summed E-state index contributed by atoms with van der Waals surface area (Å²) >= 11 is 13.4. The molecule has 0 bridgehead atoms. The van der Waals surface area contributed by atoms with Crippen molar-refractivity contribution in [2.24, 2.45) is 5.92 Å². The Bertz CT molecular complexity index is 184. The van der Waals surface area contributed by atoms with Crippen molar-refractivity contribution in [2.75, 3.05) is 31.1 Å². The van der Waals surface area contributed by atoms with Crippen molar-refractivity contribution in [2.45, 2.75) is 6.92 Å². The maximum atomic E-state index is 5.88. The van der Waals surface area contributed by atoms with Gasteiger partial charge in [-0.2, -0.15) is 11.8 Å². The Morgan fingerprint density at radius 1 is 1.69 bits per heavy atom. The van der Waals surface area contributed by atoms with Crippen molar-refractivity contribution in [1.82, 2.24) is 4.90 Å². The molecule has 1 aliphatic rings. The third-order valence-corrected chi connectivity index (χ3v) is 3.90. The van der Waals surface area contributed by atoms with Gasteiger partial charge in [0.1, 0.15) is 0 Å². The minimum atomic E-state index is 0.737. The number of halogens is 2. The van der Waals surface area contributed by atoms with Gasteiger partial charge in [-0.05, 0) is 11.7 Å². The molecule has 13 heavy (non-hydrogen) atoms. The maximum absolute atomic E-state index is 5.88. The predicted octanol–water partition coefficient (Wildman–Crippen LogP) is 2.99. The van der Waals surface area contributed by atoms with Crippen LogP contribution >= 0.6 is 35.0 Å². The van der Waals surface area contributed by atoms with Crippen LogP contribution in [0, 0.1) is 5.92 Å². The molecule has 0 aromatic carbocycles. The molecule has 0 amide bonds.